The highest BCUT2D eigenvalue weighted by molar-refractivity contribution is 5.72. The number of aliphatic hydroxyl groups excluding tert-OH is 1. The van der Waals surface area contributed by atoms with Gasteiger partial charge in [-0.25, -0.2) is 4.79 Å². The number of aliphatic hydroxyl groups is 1. The normalized spacial score (nSPS) is 40.0. The zero-order valence-electron chi connectivity index (χ0n) is 7.12. The molecule has 0 saturated carbocycles. The summed E-state index contributed by atoms with van der Waals surface area (Å²) in [6.45, 7) is 2.49. The number of amides is 1. The second kappa shape index (κ2) is 2.36. The van der Waals surface area contributed by atoms with Gasteiger partial charge in [-0.05, 0) is 19.8 Å². The van der Waals surface area contributed by atoms with Gasteiger partial charge in [-0.1, -0.05) is 0 Å². The van der Waals surface area contributed by atoms with E-state index in [1.165, 1.54) is 0 Å². The molecule has 1 N–H and O–H groups in total. The standard InChI is InChI=1S/C8H13NO3/c1-8(5-10)6-3-2-4-9(6)7(11)12-8/h6,10H,2-5H2,1H3. The number of hydrogen-bond donors (Lipinski definition) is 1. The molecule has 0 aromatic carbocycles. The Morgan fingerprint density at radius 3 is 3.25 bits per heavy atom. The number of rotatable bonds is 1. The van der Waals surface area contributed by atoms with Crippen LogP contribution in [-0.4, -0.2) is 40.9 Å². The van der Waals surface area contributed by atoms with Crippen molar-refractivity contribution in [3.8, 4) is 0 Å². The highest BCUT2D eigenvalue weighted by atomic mass is 16.6. The molecule has 2 fully saturated rings. The van der Waals surface area contributed by atoms with E-state index in [0.717, 1.165) is 19.4 Å². The van der Waals surface area contributed by atoms with Crippen molar-refractivity contribution >= 4 is 6.09 Å². The maximum Gasteiger partial charge on any atom is 0.410 e. The first-order valence-corrected chi connectivity index (χ1v) is 4.28. The van der Waals surface area contributed by atoms with Crippen molar-refractivity contribution in [3.63, 3.8) is 0 Å². The Morgan fingerprint density at radius 1 is 1.83 bits per heavy atom. The number of fused-ring (bicyclic) bond motifs is 1. The largest absolute Gasteiger partial charge is 0.438 e. The molecule has 68 valence electrons. The molecule has 2 aliphatic heterocycles. The topological polar surface area (TPSA) is 49.8 Å². The third-order valence-electron chi connectivity index (χ3n) is 2.83. The Bertz CT molecular complexity index is 218. The molecule has 2 unspecified atom stereocenters. The van der Waals surface area contributed by atoms with Crippen LogP contribution in [0.5, 0.6) is 0 Å². The van der Waals surface area contributed by atoms with Crippen LogP contribution in [0.2, 0.25) is 0 Å². The second-order valence-corrected chi connectivity index (χ2v) is 3.69. The van der Waals surface area contributed by atoms with E-state index in [4.69, 9.17) is 9.84 Å². The molecule has 0 radical (unpaired) electrons. The maximum absolute atomic E-state index is 11.2. The third kappa shape index (κ3) is 0.843. The number of cyclic esters (lactones) is 1. The Kier molecular flexibility index (Phi) is 1.54. The molecule has 0 aliphatic carbocycles. The van der Waals surface area contributed by atoms with Crippen LogP contribution in [0.1, 0.15) is 19.8 Å². The number of nitrogens with zero attached hydrogens (tertiary/aromatic N) is 1. The van der Waals surface area contributed by atoms with E-state index in [-0.39, 0.29) is 18.7 Å². The van der Waals surface area contributed by atoms with E-state index in [2.05, 4.69) is 0 Å². The van der Waals surface area contributed by atoms with Gasteiger partial charge in [0.1, 0.15) is 0 Å². The summed E-state index contributed by atoms with van der Waals surface area (Å²) in [4.78, 5) is 12.9. The molecular formula is C8H13NO3. The van der Waals surface area contributed by atoms with E-state index < -0.39 is 5.60 Å². The lowest BCUT2D eigenvalue weighted by Crippen LogP contribution is -2.42. The number of hydrogen-bond acceptors (Lipinski definition) is 3. The monoisotopic (exact) mass is 171 g/mol. The van der Waals surface area contributed by atoms with Crippen molar-refractivity contribution < 1.29 is 14.6 Å². The van der Waals surface area contributed by atoms with Crippen LogP contribution in [0.25, 0.3) is 0 Å². The average Bonchev–Trinajstić information content (AvgIpc) is 2.58. The highest BCUT2D eigenvalue weighted by Gasteiger charge is 2.52. The molecule has 2 heterocycles. The lowest BCUT2D eigenvalue weighted by atomic mass is 9.96. The van der Waals surface area contributed by atoms with E-state index >= 15 is 0 Å². The predicted molar refractivity (Wildman–Crippen MR) is 41.7 cm³/mol. The molecular weight excluding hydrogens is 158 g/mol. The fourth-order valence-electron chi connectivity index (χ4n) is 2.08. The van der Waals surface area contributed by atoms with Crippen LogP contribution in [0.3, 0.4) is 0 Å². The van der Waals surface area contributed by atoms with Gasteiger partial charge >= 0.3 is 6.09 Å². The van der Waals surface area contributed by atoms with E-state index in [1.54, 1.807) is 11.8 Å². The fourth-order valence-corrected chi connectivity index (χ4v) is 2.08. The number of carbonyl (C=O) groups excluding carboxylic acids is 1. The van der Waals surface area contributed by atoms with Gasteiger partial charge in [-0.2, -0.15) is 0 Å². The summed E-state index contributed by atoms with van der Waals surface area (Å²) in [6, 6.07) is 0.0926. The van der Waals surface area contributed by atoms with Gasteiger partial charge in [0.25, 0.3) is 0 Å². The highest BCUT2D eigenvalue weighted by Crippen LogP contribution is 2.36. The summed E-state index contributed by atoms with van der Waals surface area (Å²) in [5, 5.41) is 9.09. The Hall–Kier alpha value is -0.770. The van der Waals surface area contributed by atoms with Gasteiger partial charge < -0.3 is 14.7 Å². The SMILES string of the molecule is CC1(CO)OC(=O)N2CCCC21. The Morgan fingerprint density at radius 2 is 2.58 bits per heavy atom. The van der Waals surface area contributed by atoms with Gasteiger partial charge in [-0.15, -0.1) is 0 Å². The van der Waals surface area contributed by atoms with Crippen molar-refractivity contribution in [2.24, 2.45) is 0 Å². The lowest BCUT2D eigenvalue weighted by Gasteiger charge is -2.25. The van der Waals surface area contributed by atoms with Crippen molar-refractivity contribution in [1.29, 1.82) is 0 Å². The van der Waals surface area contributed by atoms with E-state index in [1.807, 2.05) is 0 Å². The van der Waals surface area contributed by atoms with Gasteiger partial charge in [0, 0.05) is 6.54 Å². The minimum Gasteiger partial charge on any atom is -0.438 e. The molecule has 2 rings (SSSR count). The molecule has 4 nitrogen and oxygen atoms in total. The van der Waals surface area contributed by atoms with E-state index in [9.17, 15) is 4.79 Å². The van der Waals surface area contributed by atoms with Crippen LogP contribution in [-0.2, 0) is 4.74 Å². The maximum atomic E-state index is 11.2. The molecule has 4 heteroatoms. The van der Waals surface area contributed by atoms with Crippen molar-refractivity contribution in [3.05, 3.63) is 0 Å². The van der Waals surface area contributed by atoms with E-state index in [0.29, 0.717) is 0 Å². The third-order valence-corrected chi connectivity index (χ3v) is 2.83. The lowest BCUT2D eigenvalue weighted by molar-refractivity contribution is 0.00116. The van der Waals surface area contributed by atoms with Crippen molar-refractivity contribution in [2.75, 3.05) is 13.2 Å². The summed E-state index contributed by atoms with van der Waals surface area (Å²) < 4.78 is 5.10. The zero-order valence-corrected chi connectivity index (χ0v) is 7.12. The van der Waals surface area contributed by atoms with Gasteiger partial charge in [-0.3, -0.25) is 0 Å². The minimum absolute atomic E-state index is 0.0834. The van der Waals surface area contributed by atoms with Gasteiger partial charge in [0.15, 0.2) is 5.60 Å². The minimum atomic E-state index is -0.659. The van der Waals surface area contributed by atoms with Crippen molar-refractivity contribution in [2.45, 2.75) is 31.4 Å². The zero-order chi connectivity index (χ0) is 8.77. The van der Waals surface area contributed by atoms with Gasteiger partial charge in [0.05, 0.1) is 12.6 Å². The van der Waals surface area contributed by atoms with Crippen LogP contribution in [0, 0.1) is 0 Å². The molecule has 2 atom stereocenters. The number of ether oxygens (including phenoxy) is 1. The second-order valence-electron chi connectivity index (χ2n) is 3.69. The molecule has 2 aliphatic rings. The molecule has 0 aromatic rings. The molecule has 2 saturated heterocycles. The van der Waals surface area contributed by atoms with Crippen LogP contribution in [0.4, 0.5) is 4.79 Å². The quantitative estimate of drug-likeness (QED) is 0.619. The Labute approximate surface area is 71.1 Å². The smallest absolute Gasteiger partial charge is 0.410 e. The predicted octanol–water partition coefficient (Wildman–Crippen LogP) is 0.352. The summed E-state index contributed by atoms with van der Waals surface area (Å²) in [7, 11) is 0. The molecule has 0 bridgehead atoms. The fraction of sp³-hybridized carbons (Fsp3) is 0.875. The summed E-state index contributed by atoms with van der Waals surface area (Å²) >= 11 is 0. The Balaban J connectivity index is 2.25. The molecule has 1 amide bonds. The summed E-state index contributed by atoms with van der Waals surface area (Å²) in [6.07, 6.45) is 1.70. The molecule has 0 spiro atoms. The van der Waals surface area contributed by atoms with Crippen LogP contribution in [0.15, 0.2) is 0 Å². The molecule has 0 aromatic heterocycles. The first kappa shape index (κ1) is 7.86. The van der Waals surface area contributed by atoms with Crippen LogP contribution >= 0.6 is 0 Å². The summed E-state index contributed by atoms with van der Waals surface area (Å²) in [5.41, 5.74) is -0.659. The van der Waals surface area contributed by atoms with Crippen LogP contribution < -0.4 is 0 Å². The van der Waals surface area contributed by atoms with Crippen molar-refractivity contribution in [1.82, 2.24) is 4.90 Å². The van der Waals surface area contributed by atoms with Gasteiger partial charge in [0.2, 0.25) is 0 Å². The first-order chi connectivity index (χ1) is 5.67. The molecule has 12 heavy (non-hydrogen) atoms. The summed E-state index contributed by atoms with van der Waals surface area (Å²) in [5.74, 6) is 0. The number of carbonyl (C=O) groups is 1. The average molecular weight is 171 g/mol. The first-order valence-electron chi connectivity index (χ1n) is 4.28.